The van der Waals surface area contributed by atoms with E-state index >= 15 is 0 Å². The van der Waals surface area contributed by atoms with E-state index in [9.17, 15) is 9.90 Å². The molecule has 0 atom stereocenters. The maximum absolute atomic E-state index is 11.3. The van der Waals surface area contributed by atoms with Crippen molar-refractivity contribution in [1.29, 1.82) is 0 Å². The largest absolute Gasteiger partial charge is 0.478 e. The Balaban J connectivity index is 3.16. The predicted octanol–water partition coefficient (Wildman–Crippen LogP) is 3.66. The highest BCUT2D eigenvalue weighted by atomic mass is 32.2. The molecule has 5 heteroatoms. The van der Waals surface area contributed by atoms with Gasteiger partial charge < -0.3 is 5.11 Å². The van der Waals surface area contributed by atoms with Crippen molar-refractivity contribution in [2.24, 2.45) is 0 Å². The van der Waals surface area contributed by atoms with Gasteiger partial charge in [0.25, 0.3) is 0 Å². The summed E-state index contributed by atoms with van der Waals surface area (Å²) in [4.78, 5) is 20.0. The van der Waals surface area contributed by atoms with Gasteiger partial charge in [0.15, 0.2) is 0 Å². The molecule has 4 nitrogen and oxygen atoms in total. The first-order valence-corrected chi connectivity index (χ1v) is 7.19. The van der Waals surface area contributed by atoms with Crippen LogP contribution in [0, 0.1) is 6.92 Å². The van der Waals surface area contributed by atoms with E-state index in [2.05, 4.69) is 16.0 Å². The molecular formula is C14H20N2O2S. The molecule has 1 rings (SSSR count). The maximum Gasteiger partial charge on any atom is 0.340 e. The van der Waals surface area contributed by atoms with Gasteiger partial charge in [-0.3, -0.25) is 0 Å². The highest BCUT2D eigenvalue weighted by Gasteiger charge is 2.19. The molecule has 19 heavy (non-hydrogen) atoms. The Morgan fingerprint density at radius 1 is 1.37 bits per heavy atom. The summed E-state index contributed by atoms with van der Waals surface area (Å²) in [7, 11) is 0. The lowest BCUT2D eigenvalue weighted by Crippen LogP contribution is -2.10. The Bertz CT molecular complexity index is 506. The average Bonchev–Trinajstić information content (AvgIpc) is 2.26. The van der Waals surface area contributed by atoms with Crippen LogP contribution in [0.5, 0.6) is 0 Å². The van der Waals surface area contributed by atoms with Gasteiger partial charge in [-0.2, -0.15) is 0 Å². The van der Waals surface area contributed by atoms with Crippen molar-refractivity contribution in [1.82, 2.24) is 9.97 Å². The zero-order chi connectivity index (χ0) is 14.6. The fourth-order valence-electron chi connectivity index (χ4n) is 1.46. The van der Waals surface area contributed by atoms with Crippen molar-refractivity contribution in [3.05, 3.63) is 28.7 Å². The molecule has 0 aliphatic carbocycles. The Hall–Kier alpha value is -1.36. The fourth-order valence-corrected chi connectivity index (χ4v) is 2.58. The van der Waals surface area contributed by atoms with E-state index < -0.39 is 5.97 Å². The smallest absolute Gasteiger partial charge is 0.340 e. The summed E-state index contributed by atoms with van der Waals surface area (Å²) in [6.07, 6.45) is 2.06. The molecule has 0 saturated heterocycles. The second-order valence-corrected chi connectivity index (χ2v) is 5.91. The number of thioether (sulfide) groups is 1. The number of nitrogens with zero attached hydrogens (tertiary/aromatic N) is 2. The second-order valence-electron chi connectivity index (χ2n) is 4.90. The summed E-state index contributed by atoms with van der Waals surface area (Å²) < 4.78 is 0. The number of aryl methyl sites for hydroxylation is 1. The van der Waals surface area contributed by atoms with E-state index in [1.807, 2.05) is 27.7 Å². The summed E-state index contributed by atoms with van der Waals surface area (Å²) in [5.41, 5.74) is 1.96. The normalized spacial score (nSPS) is 10.6. The molecule has 0 saturated carbocycles. The molecular weight excluding hydrogens is 260 g/mol. The number of carbonyl (C=O) groups is 1. The van der Waals surface area contributed by atoms with E-state index in [0.29, 0.717) is 16.5 Å². The van der Waals surface area contributed by atoms with Crippen LogP contribution in [0.1, 0.15) is 55.5 Å². The van der Waals surface area contributed by atoms with Gasteiger partial charge in [-0.1, -0.05) is 25.5 Å². The van der Waals surface area contributed by atoms with Crippen LogP contribution in [0.4, 0.5) is 0 Å². The van der Waals surface area contributed by atoms with Crippen LogP contribution >= 0.6 is 11.8 Å². The number of hydrogen-bond donors (Lipinski definition) is 1. The third-order valence-corrected chi connectivity index (χ3v) is 3.42. The van der Waals surface area contributed by atoms with Crippen LogP contribution in [-0.4, -0.2) is 26.8 Å². The maximum atomic E-state index is 11.3. The lowest BCUT2D eigenvalue weighted by atomic mass is 10.2. The molecule has 0 unspecified atom stereocenters. The van der Waals surface area contributed by atoms with Crippen molar-refractivity contribution in [3.8, 4) is 0 Å². The van der Waals surface area contributed by atoms with E-state index in [1.54, 1.807) is 6.92 Å². The predicted molar refractivity (Wildman–Crippen MR) is 78.0 cm³/mol. The van der Waals surface area contributed by atoms with Crippen LogP contribution < -0.4 is 0 Å². The number of aromatic nitrogens is 2. The molecule has 0 bridgehead atoms. The zero-order valence-electron chi connectivity index (χ0n) is 12.0. The Kier molecular flexibility index (Phi) is 5.54. The first-order valence-electron chi connectivity index (χ1n) is 6.21. The van der Waals surface area contributed by atoms with E-state index in [0.717, 1.165) is 5.75 Å². The van der Waals surface area contributed by atoms with Gasteiger partial charge in [-0.15, -0.1) is 11.8 Å². The van der Waals surface area contributed by atoms with Gasteiger partial charge in [-0.25, -0.2) is 14.8 Å². The van der Waals surface area contributed by atoms with Crippen molar-refractivity contribution in [2.75, 3.05) is 5.75 Å². The molecule has 1 heterocycles. The SMILES string of the molecule is CC(C)=CCSc1nc(C(C)C)nc(C)c1C(=O)O. The molecule has 0 fully saturated rings. The molecule has 0 aliphatic heterocycles. The topological polar surface area (TPSA) is 63.1 Å². The molecule has 104 valence electrons. The van der Waals surface area contributed by atoms with Gasteiger partial charge in [0, 0.05) is 11.7 Å². The number of aromatic carboxylic acids is 1. The molecule has 1 N–H and O–H groups in total. The van der Waals surface area contributed by atoms with Crippen molar-refractivity contribution in [3.63, 3.8) is 0 Å². The number of carboxylic acids is 1. The van der Waals surface area contributed by atoms with Crippen LogP contribution in [0.2, 0.25) is 0 Å². The van der Waals surface area contributed by atoms with Crippen molar-refractivity contribution in [2.45, 2.75) is 45.6 Å². The van der Waals surface area contributed by atoms with Gasteiger partial charge in [0.2, 0.25) is 0 Å². The summed E-state index contributed by atoms with van der Waals surface area (Å²) in [6, 6.07) is 0. The van der Waals surface area contributed by atoms with Crippen molar-refractivity contribution < 1.29 is 9.90 Å². The van der Waals surface area contributed by atoms with Crippen LogP contribution in [0.3, 0.4) is 0 Å². The monoisotopic (exact) mass is 280 g/mol. The number of rotatable bonds is 5. The molecule has 1 aromatic heterocycles. The van der Waals surface area contributed by atoms with Gasteiger partial charge >= 0.3 is 5.97 Å². The first kappa shape index (κ1) is 15.7. The molecule has 1 aromatic rings. The minimum atomic E-state index is -0.965. The summed E-state index contributed by atoms with van der Waals surface area (Å²) in [6.45, 7) is 9.76. The first-order chi connectivity index (χ1) is 8.82. The average molecular weight is 280 g/mol. The Labute approximate surface area is 118 Å². The van der Waals surface area contributed by atoms with E-state index in [1.165, 1.54) is 17.3 Å². The molecule has 0 radical (unpaired) electrons. The Morgan fingerprint density at radius 3 is 2.47 bits per heavy atom. The van der Waals surface area contributed by atoms with Crippen molar-refractivity contribution >= 4 is 17.7 Å². The third-order valence-electron chi connectivity index (χ3n) is 2.52. The lowest BCUT2D eigenvalue weighted by Gasteiger charge is -2.11. The van der Waals surface area contributed by atoms with Gasteiger partial charge in [0.05, 0.1) is 5.69 Å². The van der Waals surface area contributed by atoms with E-state index in [4.69, 9.17) is 0 Å². The number of allylic oxidation sites excluding steroid dienone is 1. The second kappa shape index (κ2) is 6.70. The summed E-state index contributed by atoms with van der Waals surface area (Å²) in [5, 5.41) is 9.83. The van der Waals surface area contributed by atoms with Crippen LogP contribution in [0.25, 0.3) is 0 Å². The molecule has 0 aromatic carbocycles. The quantitative estimate of drug-likeness (QED) is 0.506. The van der Waals surface area contributed by atoms with Crippen LogP contribution in [-0.2, 0) is 0 Å². The fraction of sp³-hybridized carbons (Fsp3) is 0.500. The minimum Gasteiger partial charge on any atom is -0.478 e. The molecule has 0 aliphatic rings. The summed E-state index contributed by atoms with van der Waals surface area (Å²) in [5.74, 6) is 0.635. The van der Waals surface area contributed by atoms with Gasteiger partial charge in [-0.05, 0) is 20.8 Å². The summed E-state index contributed by atoms with van der Waals surface area (Å²) >= 11 is 1.44. The minimum absolute atomic E-state index is 0.185. The lowest BCUT2D eigenvalue weighted by molar-refractivity contribution is 0.0690. The third kappa shape index (κ3) is 4.35. The highest BCUT2D eigenvalue weighted by molar-refractivity contribution is 7.99. The molecule has 0 spiro atoms. The Morgan fingerprint density at radius 2 is 2.00 bits per heavy atom. The van der Waals surface area contributed by atoms with Crippen LogP contribution in [0.15, 0.2) is 16.7 Å². The van der Waals surface area contributed by atoms with E-state index in [-0.39, 0.29) is 11.5 Å². The zero-order valence-corrected chi connectivity index (χ0v) is 12.8. The standard InChI is InChI=1S/C14H20N2O2S/c1-8(2)6-7-19-13-11(14(17)18)10(5)15-12(16-13)9(3)4/h6,9H,7H2,1-5H3,(H,17,18). The highest BCUT2D eigenvalue weighted by Crippen LogP contribution is 2.25. The van der Waals surface area contributed by atoms with Gasteiger partial charge in [0.1, 0.15) is 16.4 Å². The molecule has 0 amide bonds. The number of hydrogen-bond acceptors (Lipinski definition) is 4. The number of carboxylic acid groups (broad SMARTS) is 1.